The van der Waals surface area contributed by atoms with Gasteiger partial charge in [0.25, 0.3) is 0 Å². The molecule has 5 aromatic carbocycles. The van der Waals surface area contributed by atoms with Crippen LogP contribution in [0.1, 0.15) is 57.7 Å². The molecule has 0 radical (unpaired) electrons. The Bertz CT molecular complexity index is 2900. The zero-order valence-electron chi connectivity index (χ0n) is 46.0. The molecule has 5 aromatic rings. The fraction of sp³-hybridized carbons (Fsp3) is 0.379. The predicted molar refractivity (Wildman–Crippen MR) is 299 cm³/mol. The van der Waals surface area contributed by atoms with Crippen LogP contribution in [0.25, 0.3) is 0 Å². The Labute approximate surface area is 461 Å². The number of para-hydroxylation sites is 3. The van der Waals surface area contributed by atoms with Crippen molar-refractivity contribution >= 4 is 64.1 Å². The Morgan fingerprint density at radius 3 is 1.22 bits per heavy atom. The van der Waals surface area contributed by atoms with Crippen molar-refractivity contribution in [2.75, 3.05) is 77.7 Å². The Morgan fingerprint density at radius 2 is 0.823 bits per heavy atom. The summed E-state index contributed by atoms with van der Waals surface area (Å²) in [4.78, 5) is 74.0. The predicted octanol–water partition coefficient (Wildman–Crippen LogP) is 3.80. The van der Waals surface area contributed by atoms with Crippen molar-refractivity contribution < 1.29 is 54.0 Å². The zero-order valence-corrected chi connectivity index (χ0v) is 46.0. The molecule has 5 saturated heterocycles. The molecule has 422 valence electrons. The first-order valence-corrected chi connectivity index (χ1v) is 25.7. The number of amides is 5. The Balaban J connectivity index is 0.000000180. The molecule has 5 aliphatic rings. The Hall–Kier alpha value is -8.33. The average molecular weight is 1090 g/mol. The van der Waals surface area contributed by atoms with Crippen molar-refractivity contribution in [3.05, 3.63) is 150 Å². The van der Waals surface area contributed by atoms with E-state index in [0.29, 0.717) is 32.6 Å². The van der Waals surface area contributed by atoms with E-state index in [-0.39, 0.29) is 68.2 Å². The molecule has 0 aromatic heterocycles. The molecule has 10 rings (SSSR count). The maximum atomic E-state index is 11.7. The summed E-state index contributed by atoms with van der Waals surface area (Å²) in [5.74, 6) is -0.421. The second kappa shape index (κ2) is 27.3. The number of carbonyl (C=O) groups is 5. The number of benzene rings is 5. The molecule has 5 atom stereocenters. The third-order valence-electron chi connectivity index (χ3n) is 13.9. The first-order chi connectivity index (χ1) is 37.5. The second-order valence-corrected chi connectivity index (χ2v) is 21.2. The molecule has 0 saturated carbocycles. The van der Waals surface area contributed by atoms with Crippen molar-refractivity contribution in [2.24, 2.45) is 21.7 Å². The minimum atomic E-state index is -0.706. The van der Waals surface area contributed by atoms with Crippen LogP contribution in [0.3, 0.4) is 0 Å². The standard InChI is InChI=1S/3C12H16N2O2.C11H14N2O2.C10H12N2O.CO2/c1-9-3-5-10(6-4-9)14-7-12(2,8-15)11(16)13-14;1-9-4-3-5-10(6-9)14-7-12(2,8-15)11(16)13-14;1-9-5-3-4-6-10(9)14-7-12(2,8-15)11(16)13-14;1-11(8-14)7-13(12-10(11)15)9-5-3-2-4-6-9;1-8-7-10(13)11-12(8)9-5-3-2-4-6-9;2-1-3/h3*3-6,15H,7-8H2,1-2H3,(H,13,16);2-6,14H,7-8H2,1H3,(H,12,15);2-6,8H,7H2,1H3,(H,11,13);. The molecule has 5 amide bonds. The summed E-state index contributed by atoms with van der Waals surface area (Å²) < 4.78 is 0. The summed E-state index contributed by atoms with van der Waals surface area (Å²) in [6.07, 6.45) is 0.828. The minimum Gasteiger partial charge on any atom is -0.395 e. The van der Waals surface area contributed by atoms with Crippen molar-refractivity contribution in [2.45, 2.75) is 67.9 Å². The van der Waals surface area contributed by atoms with Crippen molar-refractivity contribution in [1.82, 2.24) is 27.1 Å². The number of hydrogen-bond acceptors (Lipinski definition) is 16. The van der Waals surface area contributed by atoms with E-state index in [2.05, 4.69) is 27.1 Å². The molecule has 0 bridgehead atoms. The fourth-order valence-corrected chi connectivity index (χ4v) is 8.52. The van der Waals surface area contributed by atoms with Crippen molar-refractivity contribution in [3.8, 4) is 0 Å². The van der Waals surface area contributed by atoms with Gasteiger partial charge in [-0.25, -0.2) is 0 Å². The summed E-state index contributed by atoms with van der Waals surface area (Å²) in [5, 5.41) is 45.9. The highest BCUT2D eigenvalue weighted by molar-refractivity contribution is 5.90. The van der Waals surface area contributed by atoms with E-state index in [1.165, 1.54) is 5.56 Å². The molecule has 9 N–H and O–H groups in total. The van der Waals surface area contributed by atoms with Crippen LogP contribution in [0.15, 0.2) is 133 Å². The van der Waals surface area contributed by atoms with Crippen LogP contribution >= 0.6 is 0 Å². The highest BCUT2D eigenvalue weighted by Gasteiger charge is 2.45. The van der Waals surface area contributed by atoms with Gasteiger partial charge in [-0.2, -0.15) is 9.59 Å². The van der Waals surface area contributed by atoms with Crippen molar-refractivity contribution in [1.29, 1.82) is 0 Å². The number of carbonyl (C=O) groups excluding carboxylic acids is 7. The average Bonchev–Trinajstić information content (AvgIpc) is 4.27. The number of hydrogen-bond donors (Lipinski definition) is 9. The van der Waals surface area contributed by atoms with E-state index in [1.54, 1.807) is 47.7 Å². The number of aliphatic hydroxyl groups excluding tert-OH is 4. The molecule has 5 heterocycles. The van der Waals surface area contributed by atoms with Gasteiger partial charge in [0.05, 0.1) is 115 Å². The molecule has 5 unspecified atom stereocenters. The van der Waals surface area contributed by atoms with E-state index >= 15 is 0 Å². The molecular weight excluding hydrogens is 1010 g/mol. The van der Waals surface area contributed by atoms with Gasteiger partial charge in [0.1, 0.15) is 0 Å². The zero-order chi connectivity index (χ0) is 58.1. The summed E-state index contributed by atoms with van der Waals surface area (Å²) in [7, 11) is 0. The number of aryl methyl sites for hydroxylation is 3. The first kappa shape index (κ1) is 61.5. The quantitative estimate of drug-likeness (QED) is 0.102. The third kappa shape index (κ3) is 15.7. The highest BCUT2D eigenvalue weighted by atomic mass is 16.3. The van der Waals surface area contributed by atoms with Crippen LogP contribution in [0.4, 0.5) is 28.4 Å². The summed E-state index contributed by atoms with van der Waals surface area (Å²) in [6.45, 7) is 16.5. The van der Waals surface area contributed by atoms with Crippen LogP contribution < -0.4 is 52.2 Å². The van der Waals surface area contributed by atoms with Crippen LogP contribution in [-0.2, 0) is 33.6 Å². The molecule has 5 fully saturated rings. The lowest BCUT2D eigenvalue weighted by Gasteiger charge is -2.22. The smallest absolute Gasteiger partial charge is 0.373 e. The molecule has 79 heavy (non-hydrogen) atoms. The topological polar surface area (TPSA) is 277 Å². The van der Waals surface area contributed by atoms with E-state index < -0.39 is 21.7 Å². The number of rotatable bonds is 9. The molecule has 0 spiro atoms. The van der Waals surface area contributed by atoms with Gasteiger partial charge in [-0.05, 0) is 121 Å². The van der Waals surface area contributed by atoms with E-state index in [0.717, 1.165) is 39.6 Å². The van der Waals surface area contributed by atoms with Crippen LogP contribution in [0.5, 0.6) is 0 Å². The van der Waals surface area contributed by atoms with Gasteiger partial charge in [-0.1, -0.05) is 84.4 Å². The summed E-state index contributed by atoms with van der Waals surface area (Å²) in [5.41, 5.74) is 19.3. The molecule has 5 aliphatic heterocycles. The lowest BCUT2D eigenvalue weighted by molar-refractivity contribution is -0.191. The monoisotopic (exact) mass is 1090 g/mol. The van der Waals surface area contributed by atoms with Gasteiger partial charge < -0.3 is 20.4 Å². The number of hydrazine groups is 5. The van der Waals surface area contributed by atoms with Gasteiger partial charge in [-0.15, -0.1) is 0 Å². The second-order valence-electron chi connectivity index (χ2n) is 21.2. The maximum Gasteiger partial charge on any atom is 0.373 e. The van der Waals surface area contributed by atoms with Crippen LogP contribution in [0.2, 0.25) is 0 Å². The van der Waals surface area contributed by atoms with Gasteiger partial charge in [-0.3, -0.25) is 76.1 Å². The van der Waals surface area contributed by atoms with Crippen LogP contribution in [0, 0.1) is 42.4 Å². The van der Waals surface area contributed by atoms with E-state index in [9.17, 15) is 44.4 Å². The van der Waals surface area contributed by atoms with Crippen molar-refractivity contribution in [3.63, 3.8) is 0 Å². The molecule has 21 heteroatoms. The largest absolute Gasteiger partial charge is 0.395 e. The van der Waals surface area contributed by atoms with Crippen LogP contribution in [-0.4, -0.2) is 115 Å². The number of aliphatic hydroxyl groups is 4. The van der Waals surface area contributed by atoms with Gasteiger partial charge in [0, 0.05) is 0 Å². The normalized spacial score (nSPS) is 23.5. The van der Waals surface area contributed by atoms with E-state index in [4.69, 9.17) is 9.59 Å². The molecule has 21 nitrogen and oxygen atoms in total. The Morgan fingerprint density at radius 1 is 0.456 bits per heavy atom. The van der Waals surface area contributed by atoms with Gasteiger partial charge >= 0.3 is 6.15 Å². The lowest BCUT2D eigenvalue weighted by Crippen LogP contribution is -2.36. The first-order valence-electron chi connectivity index (χ1n) is 25.7. The molecular formula is C58H74N10O11. The maximum absolute atomic E-state index is 11.7. The highest BCUT2D eigenvalue weighted by Crippen LogP contribution is 2.31. The van der Waals surface area contributed by atoms with E-state index in [1.807, 2.05) is 166 Å². The SMILES string of the molecule is CC1(CO)CN(c2ccccc2)NC1=O.CC1CC(=O)NN1c1ccccc1.Cc1ccc(N2CC(C)(CO)C(=O)N2)cc1.Cc1cccc(N2CC(C)(CO)C(=O)N2)c1.Cc1ccccc1N1CC(C)(CO)C(=O)N1.O=C=O. The molecule has 0 aliphatic carbocycles. The third-order valence-corrected chi connectivity index (χ3v) is 13.9. The number of nitrogens with one attached hydrogen (secondary N) is 5. The van der Waals surface area contributed by atoms with Gasteiger partial charge in [0.2, 0.25) is 29.5 Å². The number of nitrogens with zero attached hydrogens (tertiary/aromatic N) is 5. The fourth-order valence-electron chi connectivity index (χ4n) is 8.52. The minimum absolute atomic E-state index is 0.0938. The Kier molecular flexibility index (Phi) is 21.3. The number of anilines is 5. The summed E-state index contributed by atoms with van der Waals surface area (Å²) >= 11 is 0. The lowest BCUT2D eigenvalue weighted by atomic mass is 9.92. The summed E-state index contributed by atoms with van der Waals surface area (Å²) in [6, 6.07) is 43.4. The van der Waals surface area contributed by atoms with Gasteiger partial charge in [0.15, 0.2) is 0 Å².